The predicted molar refractivity (Wildman–Crippen MR) is 153 cm³/mol. The van der Waals surface area contributed by atoms with Crippen molar-refractivity contribution in [3.05, 3.63) is 59.7 Å². The Morgan fingerprint density at radius 3 is 1.45 bits per heavy atom. The van der Waals surface area contributed by atoms with Gasteiger partial charge in [0.25, 0.3) is 0 Å². The molecule has 14 nitrogen and oxygen atoms in total. The van der Waals surface area contributed by atoms with Crippen molar-refractivity contribution in [1.82, 2.24) is 10.6 Å². The van der Waals surface area contributed by atoms with E-state index < -0.39 is 47.7 Å². The molecule has 2 amide bonds. The molecule has 0 unspecified atom stereocenters. The highest BCUT2D eigenvalue weighted by Crippen LogP contribution is 2.30. The number of methoxy groups -OCH3 is 1. The number of hydrogen-bond donors (Lipinski definition) is 2. The molecule has 0 saturated carbocycles. The Hall–Kier alpha value is -5.79. The highest BCUT2D eigenvalue weighted by Gasteiger charge is 2.21. The number of rotatable bonds is 12. The van der Waals surface area contributed by atoms with Gasteiger partial charge >= 0.3 is 29.8 Å². The molecule has 1 atom stereocenters. The van der Waals surface area contributed by atoms with Crippen LogP contribution in [0, 0.1) is 0 Å². The Kier molecular flexibility index (Phi) is 13.0. The van der Waals surface area contributed by atoms with E-state index in [2.05, 4.69) is 10.6 Å². The minimum atomic E-state index is -1.25. The number of carbonyl (C=O) groups excluding carboxylic acids is 7. The van der Waals surface area contributed by atoms with Gasteiger partial charge in [-0.3, -0.25) is 28.8 Å². The van der Waals surface area contributed by atoms with Crippen LogP contribution >= 0.6 is 0 Å². The second-order valence-electron chi connectivity index (χ2n) is 8.78. The average Bonchev–Trinajstić information content (AvgIpc) is 2.93. The smallest absolute Gasteiger partial charge is 0.330 e. The maximum absolute atomic E-state index is 12.5. The number of esters is 5. The molecule has 232 valence electrons. The highest BCUT2D eigenvalue weighted by molar-refractivity contribution is 5.96. The van der Waals surface area contributed by atoms with Crippen LogP contribution in [0.1, 0.15) is 38.8 Å². The summed E-state index contributed by atoms with van der Waals surface area (Å²) in [4.78, 5) is 82.5. The topological polar surface area (TPSA) is 190 Å². The van der Waals surface area contributed by atoms with Crippen molar-refractivity contribution >= 4 is 53.8 Å². The van der Waals surface area contributed by atoms with Gasteiger partial charge in [0.2, 0.25) is 11.8 Å². The average molecular weight is 611 g/mol. The molecule has 2 aromatic carbocycles. The third-order valence-corrected chi connectivity index (χ3v) is 5.09. The first-order chi connectivity index (χ1) is 20.8. The lowest BCUT2D eigenvalue weighted by Gasteiger charge is -2.15. The van der Waals surface area contributed by atoms with Crippen LogP contribution in [0.3, 0.4) is 0 Å². The molecule has 2 N–H and O–H groups in total. The van der Waals surface area contributed by atoms with Crippen LogP contribution in [-0.2, 0) is 38.3 Å². The van der Waals surface area contributed by atoms with E-state index in [0.29, 0.717) is 11.1 Å². The van der Waals surface area contributed by atoms with Crippen molar-refractivity contribution < 1.29 is 57.2 Å². The molecule has 0 aliphatic rings. The molecule has 44 heavy (non-hydrogen) atoms. The first-order valence-corrected chi connectivity index (χ1v) is 12.8. The maximum Gasteiger partial charge on any atom is 0.330 e. The van der Waals surface area contributed by atoms with Crippen LogP contribution < -0.4 is 29.6 Å². The largest absolute Gasteiger partial charge is 0.467 e. The Morgan fingerprint density at radius 2 is 1.05 bits per heavy atom. The minimum Gasteiger partial charge on any atom is -0.467 e. The molecule has 14 heteroatoms. The number of amides is 2. The van der Waals surface area contributed by atoms with Gasteiger partial charge in [-0.1, -0.05) is 12.1 Å². The van der Waals surface area contributed by atoms with E-state index in [-0.39, 0.29) is 29.5 Å². The normalized spacial score (nSPS) is 11.3. The molecular weight excluding hydrogens is 580 g/mol. The molecule has 2 rings (SSSR count). The second-order valence-corrected chi connectivity index (χ2v) is 8.78. The Bertz CT molecular complexity index is 1510. The molecule has 0 radical (unpaired) electrons. The van der Waals surface area contributed by atoms with Crippen molar-refractivity contribution in [2.75, 3.05) is 13.7 Å². The summed E-state index contributed by atoms with van der Waals surface area (Å²) in [5.41, 5.74) is 0.825. The van der Waals surface area contributed by atoms with Crippen molar-refractivity contribution in [2.45, 2.75) is 33.7 Å². The van der Waals surface area contributed by atoms with Gasteiger partial charge < -0.3 is 34.3 Å². The van der Waals surface area contributed by atoms with E-state index in [1.54, 1.807) is 0 Å². The zero-order chi connectivity index (χ0) is 32.8. The molecule has 0 saturated heterocycles. The quantitative estimate of drug-likeness (QED) is 0.202. The van der Waals surface area contributed by atoms with Crippen LogP contribution in [0.5, 0.6) is 23.0 Å². The van der Waals surface area contributed by atoms with E-state index in [4.69, 9.17) is 23.7 Å². The lowest BCUT2D eigenvalue weighted by molar-refractivity contribution is -0.144. The fraction of sp³-hybridized carbons (Fsp3) is 0.233. The monoisotopic (exact) mass is 610 g/mol. The van der Waals surface area contributed by atoms with Gasteiger partial charge in [-0.05, 0) is 47.5 Å². The lowest BCUT2D eigenvalue weighted by atomic mass is 10.1. The zero-order valence-electron chi connectivity index (χ0n) is 24.5. The third-order valence-electron chi connectivity index (χ3n) is 5.09. The third kappa shape index (κ3) is 12.0. The summed E-state index contributed by atoms with van der Waals surface area (Å²) in [5, 5.41) is 4.88. The fourth-order valence-corrected chi connectivity index (χ4v) is 3.36. The van der Waals surface area contributed by atoms with E-state index in [0.717, 1.165) is 19.3 Å². The van der Waals surface area contributed by atoms with E-state index in [9.17, 15) is 33.6 Å². The van der Waals surface area contributed by atoms with Gasteiger partial charge in [-0.15, -0.1) is 0 Å². The highest BCUT2D eigenvalue weighted by atomic mass is 16.6. The van der Waals surface area contributed by atoms with Gasteiger partial charge in [-0.2, -0.15) is 0 Å². The maximum atomic E-state index is 12.5. The summed E-state index contributed by atoms with van der Waals surface area (Å²) in [7, 11) is 1.11. The molecule has 2 aromatic rings. The first-order valence-electron chi connectivity index (χ1n) is 12.8. The second kappa shape index (κ2) is 16.6. The standard InChI is InChI=1S/C30H30N2O12/c1-17(33)41-24-10-6-21(14-26(24)43-19(3)35)8-12-28(37)31-16-23(30(39)40-5)32-29(38)13-9-22-7-11-25(42-18(2)34)27(15-22)44-20(4)36/h6-15,23H,16H2,1-5H3,(H,31,37)(H,32,38)/t23-/m0/s1. The summed E-state index contributed by atoms with van der Waals surface area (Å²) in [6, 6.07) is 7.27. The summed E-state index contributed by atoms with van der Waals surface area (Å²) in [5.74, 6) is -4.76. The summed E-state index contributed by atoms with van der Waals surface area (Å²) >= 11 is 0. The summed E-state index contributed by atoms with van der Waals surface area (Å²) in [6.07, 6.45) is 4.96. The van der Waals surface area contributed by atoms with Crippen LogP contribution in [0.15, 0.2) is 48.6 Å². The Morgan fingerprint density at radius 1 is 0.636 bits per heavy atom. The zero-order valence-corrected chi connectivity index (χ0v) is 24.5. The molecule has 0 aliphatic carbocycles. The van der Waals surface area contributed by atoms with E-state index in [1.807, 2.05) is 0 Å². The molecule has 0 heterocycles. The van der Waals surface area contributed by atoms with Crippen LogP contribution in [-0.4, -0.2) is 61.4 Å². The summed E-state index contributed by atoms with van der Waals surface area (Å²) in [6.45, 7) is 4.38. The van der Waals surface area contributed by atoms with Crippen LogP contribution in [0.25, 0.3) is 12.2 Å². The van der Waals surface area contributed by atoms with Crippen molar-refractivity contribution in [1.29, 1.82) is 0 Å². The summed E-state index contributed by atoms with van der Waals surface area (Å²) < 4.78 is 24.8. The van der Waals surface area contributed by atoms with Crippen molar-refractivity contribution in [2.24, 2.45) is 0 Å². The molecule has 0 aliphatic heterocycles. The molecule has 0 bridgehead atoms. The first kappa shape index (κ1) is 34.4. The lowest BCUT2D eigenvalue weighted by Crippen LogP contribution is -2.48. The molecular formula is C30H30N2O12. The Labute approximate surface area is 251 Å². The van der Waals surface area contributed by atoms with Crippen molar-refractivity contribution in [3.63, 3.8) is 0 Å². The number of benzene rings is 2. The number of nitrogens with one attached hydrogen (secondary N) is 2. The van der Waals surface area contributed by atoms with E-state index >= 15 is 0 Å². The van der Waals surface area contributed by atoms with Gasteiger partial charge in [-0.25, -0.2) is 4.79 Å². The van der Waals surface area contributed by atoms with Gasteiger partial charge in [0, 0.05) is 46.4 Å². The Balaban J connectivity index is 2.07. The SMILES string of the molecule is COC(=O)[C@H](CNC(=O)C=Cc1ccc(OC(C)=O)c(OC(C)=O)c1)NC(=O)C=Cc1ccc(OC(C)=O)c(OC(C)=O)c1. The number of hydrogen-bond acceptors (Lipinski definition) is 12. The molecule has 0 aromatic heterocycles. The van der Waals surface area contributed by atoms with Gasteiger partial charge in [0.15, 0.2) is 23.0 Å². The van der Waals surface area contributed by atoms with Gasteiger partial charge in [0.05, 0.1) is 7.11 Å². The predicted octanol–water partition coefficient (Wildman–Crippen LogP) is 1.89. The molecule has 0 fully saturated rings. The van der Waals surface area contributed by atoms with Crippen LogP contribution in [0.2, 0.25) is 0 Å². The molecule has 0 spiro atoms. The van der Waals surface area contributed by atoms with Gasteiger partial charge in [0.1, 0.15) is 6.04 Å². The minimum absolute atomic E-state index is 0.00805. The number of carbonyl (C=O) groups is 7. The van der Waals surface area contributed by atoms with Crippen LogP contribution in [0.4, 0.5) is 0 Å². The fourth-order valence-electron chi connectivity index (χ4n) is 3.36. The van der Waals surface area contributed by atoms with E-state index in [1.165, 1.54) is 76.2 Å². The van der Waals surface area contributed by atoms with Crippen molar-refractivity contribution in [3.8, 4) is 23.0 Å². The number of ether oxygens (including phenoxy) is 5.